The molecular weight excluding hydrogens is 230 g/mol. The second-order valence-corrected chi connectivity index (χ2v) is 5.58. The highest BCUT2D eigenvalue weighted by Gasteiger charge is 2.27. The molecule has 1 atom stereocenters. The van der Waals surface area contributed by atoms with Crippen LogP contribution in [0.25, 0.3) is 0 Å². The first kappa shape index (κ1) is 15.4. The molecule has 2 N–H and O–H groups in total. The minimum absolute atomic E-state index is 0.381. The molecule has 1 saturated carbocycles. The average molecular weight is 257 g/mol. The van der Waals surface area contributed by atoms with Gasteiger partial charge in [0.15, 0.2) is 0 Å². The number of carboxylic acid groups (broad SMARTS) is 1. The lowest BCUT2D eigenvalue weighted by molar-refractivity contribution is -0.139. The standard InChI is InChI=1S/C13H27N3O2/c1-15(2)8-4-9-16(3)10-7-12(13(17)18)14-11-5-6-11/h11-12,14H,4-10H2,1-3H3,(H,17,18). The first-order valence-corrected chi connectivity index (χ1v) is 6.81. The van der Waals surface area contributed by atoms with Crippen LogP contribution in [0.4, 0.5) is 0 Å². The van der Waals surface area contributed by atoms with Crippen LogP contribution in [0.1, 0.15) is 25.7 Å². The summed E-state index contributed by atoms with van der Waals surface area (Å²) in [6.45, 7) is 2.94. The lowest BCUT2D eigenvalue weighted by atomic mass is 10.2. The van der Waals surface area contributed by atoms with Crippen molar-refractivity contribution in [2.75, 3.05) is 40.8 Å². The van der Waals surface area contributed by atoms with E-state index in [9.17, 15) is 4.79 Å². The Balaban J connectivity index is 2.13. The Morgan fingerprint density at radius 2 is 1.94 bits per heavy atom. The van der Waals surface area contributed by atoms with Gasteiger partial charge in [0.1, 0.15) is 6.04 Å². The molecule has 0 aromatic heterocycles. The fraction of sp³-hybridized carbons (Fsp3) is 0.923. The van der Waals surface area contributed by atoms with Gasteiger partial charge in [0.2, 0.25) is 0 Å². The number of hydrogen-bond donors (Lipinski definition) is 2. The SMILES string of the molecule is CN(C)CCCN(C)CCC(NC1CC1)C(=O)O. The van der Waals surface area contributed by atoms with Gasteiger partial charge in [0.05, 0.1) is 0 Å². The van der Waals surface area contributed by atoms with Crippen molar-refractivity contribution in [2.45, 2.75) is 37.8 Å². The molecule has 0 bridgehead atoms. The Labute approximate surface area is 110 Å². The Kier molecular flexibility index (Phi) is 6.60. The van der Waals surface area contributed by atoms with E-state index in [1.54, 1.807) is 0 Å². The van der Waals surface area contributed by atoms with E-state index in [1.807, 2.05) is 0 Å². The molecular formula is C13H27N3O2. The smallest absolute Gasteiger partial charge is 0.320 e. The highest BCUT2D eigenvalue weighted by atomic mass is 16.4. The zero-order valence-corrected chi connectivity index (χ0v) is 11.9. The second kappa shape index (κ2) is 7.71. The summed E-state index contributed by atoms with van der Waals surface area (Å²) in [7, 11) is 6.20. The van der Waals surface area contributed by atoms with Crippen LogP contribution >= 0.6 is 0 Å². The van der Waals surface area contributed by atoms with Crippen molar-refractivity contribution in [3.63, 3.8) is 0 Å². The molecule has 18 heavy (non-hydrogen) atoms. The minimum atomic E-state index is -0.719. The monoisotopic (exact) mass is 257 g/mol. The van der Waals surface area contributed by atoms with Crippen LogP contribution < -0.4 is 5.32 Å². The molecule has 0 saturated heterocycles. The maximum Gasteiger partial charge on any atom is 0.320 e. The molecule has 0 heterocycles. The van der Waals surface area contributed by atoms with E-state index in [4.69, 9.17) is 5.11 Å². The van der Waals surface area contributed by atoms with Gasteiger partial charge in [-0.15, -0.1) is 0 Å². The summed E-state index contributed by atoms with van der Waals surface area (Å²) in [5.74, 6) is -0.719. The van der Waals surface area contributed by atoms with Crippen LogP contribution in [0, 0.1) is 0 Å². The normalized spacial score (nSPS) is 17.4. The zero-order valence-electron chi connectivity index (χ0n) is 11.9. The van der Waals surface area contributed by atoms with Crippen molar-refractivity contribution in [2.24, 2.45) is 0 Å². The quantitative estimate of drug-likeness (QED) is 0.596. The van der Waals surface area contributed by atoms with Crippen molar-refractivity contribution >= 4 is 5.97 Å². The minimum Gasteiger partial charge on any atom is -0.480 e. The number of carboxylic acids is 1. The fourth-order valence-corrected chi connectivity index (χ4v) is 1.93. The summed E-state index contributed by atoms with van der Waals surface area (Å²) < 4.78 is 0. The Morgan fingerprint density at radius 1 is 1.28 bits per heavy atom. The van der Waals surface area contributed by atoms with Gasteiger partial charge in [0.25, 0.3) is 0 Å². The summed E-state index contributed by atoms with van der Waals surface area (Å²) in [5, 5.41) is 12.3. The van der Waals surface area contributed by atoms with Gasteiger partial charge in [0, 0.05) is 6.04 Å². The first-order valence-electron chi connectivity index (χ1n) is 6.81. The predicted molar refractivity (Wildman–Crippen MR) is 72.9 cm³/mol. The lowest BCUT2D eigenvalue weighted by Gasteiger charge is -2.21. The van der Waals surface area contributed by atoms with Gasteiger partial charge in [-0.3, -0.25) is 4.79 Å². The molecule has 5 heteroatoms. The molecule has 1 fully saturated rings. The van der Waals surface area contributed by atoms with Gasteiger partial charge in [-0.05, 0) is 66.5 Å². The lowest BCUT2D eigenvalue weighted by Crippen LogP contribution is -2.40. The first-order chi connectivity index (χ1) is 8.49. The molecule has 1 unspecified atom stereocenters. The number of carbonyl (C=O) groups is 1. The summed E-state index contributed by atoms with van der Waals surface area (Å²) in [6.07, 6.45) is 4.06. The van der Waals surface area contributed by atoms with Crippen LogP contribution in [0.2, 0.25) is 0 Å². The van der Waals surface area contributed by atoms with E-state index >= 15 is 0 Å². The van der Waals surface area contributed by atoms with E-state index in [0.29, 0.717) is 12.5 Å². The topological polar surface area (TPSA) is 55.8 Å². The third kappa shape index (κ3) is 6.93. The van der Waals surface area contributed by atoms with Crippen LogP contribution in [-0.2, 0) is 4.79 Å². The summed E-state index contributed by atoms with van der Waals surface area (Å²) in [6, 6.07) is 0.0685. The summed E-state index contributed by atoms with van der Waals surface area (Å²) in [4.78, 5) is 15.5. The summed E-state index contributed by atoms with van der Waals surface area (Å²) >= 11 is 0. The Hall–Kier alpha value is -0.650. The molecule has 1 aliphatic carbocycles. The third-order valence-electron chi connectivity index (χ3n) is 3.26. The largest absolute Gasteiger partial charge is 0.480 e. The van der Waals surface area contributed by atoms with Gasteiger partial charge in [-0.25, -0.2) is 0 Å². The number of rotatable bonds is 10. The number of nitrogens with zero attached hydrogens (tertiary/aromatic N) is 2. The van der Waals surface area contributed by atoms with Crippen molar-refractivity contribution in [1.82, 2.24) is 15.1 Å². The molecule has 5 nitrogen and oxygen atoms in total. The van der Waals surface area contributed by atoms with E-state index in [-0.39, 0.29) is 6.04 Å². The summed E-state index contributed by atoms with van der Waals surface area (Å²) in [5.41, 5.74) is 0. The van der Waals surface area contributed by atoms with E-state index < -0.39 is 5.97 Å². The highest BCUT2D eigenvalue weighted by molar-refractivity contribution is 5.73. The van der Waals surface area contributed by atoms with Gasteiger partial charge >= 0.3 is 5.97 Å². The van der Waals surface area contributed by atoms with E-state index in [0.717, 1.165) is 38.9 Å². The molecule has 0 aromatic rings. The zero-order chi connectivity index (χ0) is 13.5. The molecule has 0 radical (unpaired) electrons. The van der Waals surface area contributed by atoms with Gasteiger partial charge < -0.3 is 20.2 Å². The molecule has 0 spiro atoms. The van der Waals surface area contributed by atoms with Crippen molar-refractivity contribution in [3.8, 4) is 0 Å². The number of nitrogens with one attached hydrogen (secondary N) is 1. The maximum atomic E-state index is 11.1. The molecule has 106 valence electrons. The second-order valence-electron chi connectivity index (χ2n) is 5.58. The predicted octanol–water partition coefficient (Wildman–Crippen LogP) is 0.465. The molecule has 0 aliphatic heterocycles. The van der Waals surface area contributed by atoms with Crippen molar-refractivity contribution in [3.05, 3.63) is 0 Å². The number of hydrogen-bond acceptors (Lipinski definition) is 4. The van der Waals surface area contributed by atoms with E-state index in [2.05, 4.69) is 36.3 Å². The van der Waals surface area contributed by atoms with Gasteiger partial charge in [-0.1, -0.05) is 0 Å². The molecule has 1 rings (SSSR count). The van der Waals surface area contributed by atoms with Crippen LogP contribution in [0.15, 0.2) is 0 Å². The van der Waals surface area contributed by atoms with Gasteiger partial charge in [-0.2, -0.15) is 0 Å². The molecule has 1 aliphatic rings. The molecule has 0 aromatic carbocycles. The Bertz CT molecular complexity index is 255. The third-order valence-corrected chi connectivity index (χ3v) is 3.26. The number of aliphatic carboxylic acids is 1. The van der Waals surface area contributed by atoms with Crippen LogP contribution in [0.5, 0.6) is 0 Å². The van der Waals surface area contributed by atoms with Crippen molar-refractivity contribution < 1.29 is 9.90 Å². The average Bonchev–Trinajstić information content (AvgIpc) is 3.07. The van der Waals surface area contributed by atoms with Crippen LogP contribution in [0.3, 0.4) is 0 Å². The maximum absolute atomic E-state index is 11.1. The fourth-order valence-electron chi connectivity index (χ4n) is 1.93. The Morgan fingerprint density at radius 3 is 2.44 bits per heavy atom. The van der Waals surface area contributed by atoms with E-state index in [1.165, 1.54) is 0 Å². The highest BCUT2D eigenvalue weighted by Crippen LogP contribution is 2.20. The molecule has 0 amide bonds. The van der Waals surface area contributed by atoms with Crippen molar-refractivity contribution in [1.29, 1.82) is 0 Å². The van der Waals surface area contributed by atoms with Crippen LogP contribution in [-0.4, -0.2) is 73.7 Å².